The van der Waals surface area contributed by atoms with Gasteiger partial charge in [-0.05, 0) is 29.8 Å². The average Bonchev–Trinajstić information content (AvgIpc) is 2.68. The number of esters is 2. The number of carbonyl (C=O) groups is 3. The molecular weight excluding hydrogens is 454 g/mol. The number of ether oxygens (including phenoxy) is 3. The Morgan fingerprint density at radius 2 is 1.77 bits per heavy atom. The Balaban J connectivity index is 1.70. The van der Waals surface area contributed by atoms with E-state index in [0.717, 1.165) is 5.56 Å². The van der Waals surface area contributed by atoms with Gasteiger partial charge in [0.2, 0.25) is 0 Å². The van der Waals surface area contributed by atoms with E-state index in [-0.39, 0.29) is 18.1 Å². The molecule has 1 aliphatic heterocycles. The van der Waals surface area contributed by atoms with E-state index < -0.39 is 17.7 Å². The fourth-order valence-electron chi connectivity index (χ4n) is 2.69. The van der Waals surface area contributed by atoms with E-state index in [9.17, 15) is 14.4 Å². The van der Waals surface area contributed by atoms with Crippen LogP contribution >= 0.6 is 15.9 Å². The number of hydrogen-bond acceptors (Lipinski definition) is 6. The molecular formula is C22H20BrNO6. The Bertz CT molecular complexity index is 978. The van der Waals surface area contributed by atoms with Crippen molar-refractivity contribution in [2.75, 3.05) is 6.61 Å². The number of cyclic esters (lactones) is 2. The molecule has 2 aromatic rings. The third-order valence-corrected chi connectivity index (χ3v) is 4.57. The number of benzene rings is 2. The summed E-state index contributed by atoms with van der Waals surface area (Å²) >= 11 is 3.34. The van der Waals surface area contributed by atoms with Gasteiger partial charge < -0.3 is 19.5 Å². The number of rotatable bonds is 6. The monoisotopic (exact) mass is 473 g/mol. The summed E-state index contributed by atoms with van der Waals surface area (Å²) in [6, 6.07) is 14.5. The second kappa shape index (κ2) is 9.13. The summed E-state index contributed by atoms with van der Waals surface area (Å²) in [5, 5.41) is 2.77. The van der Waals surface area contributed by atoms with E-state index in [1.165, 1.54) is 19.9 Å². The fraction of sp³-hybridized carbons (Fsp3) is 0.227. The van der Waals surface area contributed by atoms with Crippen LogP contribution in [0, 0.1) is 0 Å². The van der Waals surface area contributed by atoms with Crippen LogP contribution in [0.4, 0.5) is 0 Å². The second-order valence-electron chi connectivity index (χ2n) is 6.97. The largest absolute Gasteiger partial charge is 0.483 e. The molecule has 1 fully saturated rings. The van der Waals surface area contributed by atoms with Gasteiger partial charge in [0.05, 0.1) is 0 Å². The van der Waals surface area contributed by atoms with Gasteiger partial charge in [-0.15, -0.1) is 0 Å². The molecule has 0 radical (unpaired) electrons. The molecule has 1 aliphatic rings. The maximum atomic E-state index is 12.2. The van der Waals surface area contributed by atoms with Crippen molar-refractivity contribution in [3.05, 3.63) is 69.7 Å². The van der Waals surface area contributed by atoms with Gasteiger partial charge in [0.15, 0.2) is 6.61 Å². The van der Waals surface area contributed by atoms with Gasteiger partial charge in [-0.1, -0.05) is 46.3 Å². The molecule has 0 saturated carbocycles. The van der Waals surface area contributed by atoms with Crippen LogP contribution in [0.5, 0.6) is 5.75 Å². The lowest BCUT2D eigenvalue weighted by molar-refractivity contribution is -0.222. The van der Waals surface area contributed by atoms with Crippen molar-refractivity contribution in [1.82, 2.24) is 5.32 Å². The number of nitrogens with one attached hydrogen (secondary N) is 1. The Kier molecular flexibility index (Phi) is 6.56. The van der Waals surface area contributed by atoms with Crippen LogP contribution < -0.4 is 10.1 Å². The molecule has 3 rings (SSSR count). The third kappa shape index (κ3) is 5.70. The molecule has 8 heteroatoms. The molecule has 0 atom stereocenters. The molecule has 0 spiro atoms. The zero-order valence-electron chi connectivity index (χ0n) is 16.4. The van der Waals surface area contributed by atoms with Gasteiger partial charge in [-0.3, -0.25) is 4.79 Å². The van der Waals surface area contributed by atoms with Gasteiger partial charge in [-0.2, -0.15) is 0 Å². The van der Waals surface area contributed by atoms with Crippen LogP contribution in [-0.4, -0.2) is 30.2 Å². The van der Waals surface area contributed by atoms with Crippen molar-refractivity contribution in [2.45, 2.75) is 26.2 Å². The number of carbonyl (C=O) groups excluding carboxylic acids is 3. The summed E-state index contributed by atoms with van der Waals surface area (Å²) in [4.78, 5) is 36.5. The van der Waals surface area contributed by atoms with E-state index in [4.69, 9.17) is 14.2 Å². The van der Waals surface area contributed by atoms with Crippen LogP contribution in [0.25, 0.3) is 6.08 Å². The highest BCUT2D eigenvalue weighted by molar-refractivity contribution is 9.10. The van der Waals surface area contributed by atoms with Gasteiger partial charge in [0.25, 0.3) is 11.7 Å². The highest BCUT2D eigenvalue weighted by Gasteiger charge is 2.39. The van der Waals surface area contributed by atoms with Crippen molar-refractivity contribution in [3.63, 3.8) is 0 Å². The summed E-state index contributed by atoms with van der Waals surface area (Å²) in [7, 11) is 0. The smallest absolute Gasteiger partial charge is 0.348 e. The van der Waals surface area contributed by atoms with Crippen LogP contribution in [0.3, 0.4) is 0 Å². The first-order valence-corrected chi connectivity index (χ1v) is 9.94. The summed E-state index contributed by atoms with van der Waals surface area (Å²) < 4.78 is 16.5. The van der Waals surface area contributed by atoms with Crippen molar-refractivity contribution >= 4 is 39.9 Å². The van der Waals surface area contributed by atoms with E-state index in [0.29, 0.717) is 22.3 Å². The first-order chi connectivity index (χ1) is 14.2. The van der Waals surface area contributed by atoms with Crippen molar-refractivity contribution in [3.8, 4) is 5.75 Å². The van der Waals surface area contributed by atoms with E-state index in [1.54, 1.807) is 18.2 Å². The molecule has 156 valence electrons. The minimum absolute atomic E-state index is 0.230. The van der Waals surface area contributed by atoms with Crippen LogP contribution in [-0.2, 0) is 30.4 Å². The van der Waals surface area contributed by atoms with Gasteiger partial charge in [-0.25, -0.2) is 9.59 Å². The van der Waals surface area contributed by atoms with Crippen LogP contribution in [0.2, 0.25) is 0 Å². The zero-order valence-corrected chi connectivity index (χ0v) is 18.0. The third-order valence-electron chi connectivity index (χ3n) is 4.08. The van der Waals surface area contributed by atoms with E-state index in [1.807, 2.05) is 30.3 Å². The molecule has 0 aromatic heterocycles. The Labute approximate surface area is 182 Å². The van der Waals surface area contributed by atoms with Crippen LogP contribution in [0.15, 0.2) is 58.6 Å². The quantitative estimate of drug-likeness (QED) is 0.392. The minimum atomic E-state index is -1.32. The molecule has 0 unspecified atom stereocenters. The number of amides is 1. The second-order valence-corrected chi connectivity index (χ2v) is 7.89. The first kappa shape index (κ1) is 21.6. The van der Waals surface area contributed by atoms with Gasteiger partial charge in [0, 0.05) is 30.4 Å². The molecule has 1 N–H and O–H groups in total. The molecule has 0 aliphatic carbocycles. The molecule has 1 saturated heterocycles. The Morgan fingerprint density at radius 1 is 1.10 bits per heavy atom. The molecule has 2 aromatic carbocycles. The fourth-order valence-corrected chi connectivity index (χ4v) is 3.07. The number of hydrogen-bond donors (Lipinski definition) is 1. The first-order valence-electron chi connectivity index (χ1n) is 9.15. The summed E-state index contributed by atoms with van der Waals surface area (Å²) in [6.07, 6.45) is 1.32. The van der Waals surface area contributed by atoms with Crippen molar-refractivity contribution in [2.24, 2.45) is 0 Å². The van der Waals surface area contributed by atoms with E-state index >= 15 is 0 Å². The maximum absolute atomic E-state index is 12.2. The van der Waals surface area contributed by atoms with Gasteiger partial charge >= 0.3 is 11.9 Å². The zero-order chi connectivity index (χ0) is 21.7. The number of halogens is 1. The summed E-state index contributed by atoms with van der Waals surface area (Å²) in [6.45, 7) is 3.10. The minimum Gasteiger partial charge on any atom is -0.483 e. The summed E-state index contributed by atoms with van der Waals surface area (Å²) in [5.74, 6) is -2.88. The van der Waals surface area contributed by atoms with Crippen molar-refractivity contribution < 1.29 is 28.6 Å². The predicted octanol–water partition coefficient (Wildman–Crippen LogP) is 3.36. The molecule has 30 heavy (non-hydrogen) atoms. The topological polar surface area (TPSA) is 90.9 Å². The molecule has 1 amide bonds. The standard InChI is InChI=1S/C22H20BrNO6/c1-22(2)29-20(26)17(21(27)30-22)11-15-10-16(23)8-9-18(15)28-13-19(25)24-12-14-6-4-3-5-7-14/h3-11H,12-13H2,1-2H3,(H,24,25). The predicted molar refractivity (Wildman–Crippen MR) is 112 cm³/mol. The lowest BCUT2D eigenvalue weighted by atomic mass is 10.1. The summed E-state index contributed by atoms with van der Waals surface area (Å²) in [5.41, 5.74) is 1.13. The molecule has 1 heterocycles. The Morgan fingerprint density at radius 3 is 2.43 bits per heavy atom. The van der Waals surface area contributed by atoms with Gasteiger partial charge in [0.1, 0.15) is 11.3 Å². The normalized spacial score (nSPS) is 15.1. The molecule has 0 bridgehead atoms. The average molecular weight is 474 g/mol. The highest BCUT2D eigenvalue weighted by atomic mass is 79.9. The maximum Gasteiger partial charge on any atom is 0.348 e. The van der Waals surface area contributed by atoms with Crippen LogP contribution in [0.1, 0.15) is 25.0 Å². The van der Waals surface area contributed by atoms with E-state index in [2.05, 4.69) is 21.2 Å². The SMILES string of the molecule is CC1(C)OC(=O)C(=Cc2cc(Br)ccc2OCC(=O)NCc2ccccc2)C(=O)O1. The Hall–Kier alpha value is -3.13. The highest BCUT2D eigenvalue weighted by Crippen LogP contribution is 2.29. The lowest BCUT2D eigenvalue weighted by Crippen LogP contribution is -2.41. The van der Waals surface area contributed by atoms with Crippen molar-refractivity contribution in [1.29, 1.82) is 0 Å². The molecule has 7 nitrogen and oxygen atoms in total. The lowest BCUT2D eigenvalue weighted by Gasteiger charge is -2.29.